The predicted octanol–water partition coefficient (Wildman–Crippen LogP) is 0.470. The van der Waals surface area contributed by atoms with Crippen LogP contribution in [0.2, 0.25) is 0 Å². The molecule has 2 N–H and O–H groups in total. The van der Waals surface area contributed by atoms with E-state index in [9.17, 15) is 8.42 Å². The standard InChI is InChI=1S/C11H18N2O3S2/c1-13-3-2-9(6-13)5-12-18(15,16)11-4-10(7-14)17-8-11/h4,8-9,12,14H,2-3,5-7H2,1H3. The Balaban J connectivity index is 1.95. The molecule has 0 spiro atoms. The van der Waals surface area contributed by atoms with E-state index >= 15 is 0 Å². The number of thiophene rings is 1. The Morgan fingerprint density at radius 3 is 2.94 bits per heavy atom. The van der Waals surface area contributed by atoms with Crippen LogP contribution in [0.4, 0.5) is 0 Å². The fraction of sp³-hybridized carbons (Fsp3) is 0.636. The molecule has 1 unspecified atom stereocenters. The van der Waals surface area contributed by atoms with Gasteiger partial charge in [-0.05, 0) is 32.0 Å². The molecule has 0 aromatic carbocycles. The number of nitrogens with one attached hydrogen (secondary N) is 1. The van der Waals surface area contributed by atoms with Crippen molar-refractivity contribution in [2.75, 3.05) is 26.7 Å². The number of hydrogen-bond acceptors (Lipinski definition) is 5. The van der Waals surface area contributed by atoms with Crippen molar-refractivity contribution in [3.8, 4) is 0 Å². The van der Waals surface area contributed by atoms with E-state index in [1.54, 1.807) is 5.38 Å². The summed E-state index contributed by atoms with van der Waals surface area (Å²) in [6, 6.07) is 1.52. The molecule has 0 bridgehead atoms. The lowest BCUT2D eigenvalue weighted by molar-refractivity contribution is 0.285. The van der Waals surface area contributed by atoms with Gasteiger partial charge in [0.15, 0.2) is 0 Å². The van der Waals surface area contributed by atoms with Crippen molar-refractivity contribution in [1.82, 2.24) is 9.62 Å². The van der Waals surface area contributed by atoms with Crippen LogP contribution in [-0.2, 0) is 16.6 Å². The molecule has 102 valence electrons. The van der Waals surface area contributed by atoms with Gasteiger partial charge in [0.2, 0.25) is 10.0 Å². The van der Waals surface area contributed by atoms with Gasteiger partial charge in [-0.3, -0.25) is 0 Å². The molecular formula is C11H18N2O3S2. The van der Waals surface area contributed by atoms with E-state index in [0.717, 1.165) is 19.5 Å². The summed E-state index contributed by atoms with van der Waals surface area (Å²) in [6.45, 7) is 2.33. The van der Waals surface area contributed by atoms with Gasteiger partial charge in [-0.25, -0.2) is 13.1 Å². The maximum Gasteiger partial charge on any atom is 0.241 e. The molecule has 5 nitrogen and oxygen atoms in total. The summed E-state index contributed by atoms with van der Waals surface area (Å²) >= 11 is 1.26. The molecule has 1 aliphatic heterocycles. The molecule has 0 amide bonds. The molecule has 0 aliphatic carbocycles. The second-order valence-corrected chi connectivity index (χ2v) is 7.44. The van der Waals surface area contributed by atoms with E-state index in [0.29, 0.717) is 17.3 Å². The molecule has 18 heavy (non-hydrogen) atoms. The summed E-state index contributed by atoms with van der Waals surface area (Å²) in [4.78, 5) is 3.12. The Hall–Kier alpha value is -0.470. The fourth-order valence-corrected chi connectivity index (χ4v) is 4.34. The van der Waals surface area contributed by atoms with Crippen LogP contribution in [0.25, 0.3) is 0 Å². The number of likely N-dealkylation sites (tertiary alicyclic amines) is 1. The second kappa shape index (κ2) is 5.66. The minimum absolute atomic E-state index is 0.117. The minimum Gasteiger partial charge on any atom is -0.391 e. The third-order valence-corrected chi connectivity index (χ3v) is 5.62. The number of aliphatic hydroxyl groups excluding tert-OH is 1. The van der Waals surface area contributed by atoms with Gasteiger partial charge in [0.1, 0.15) is 0 Å². The normalized spacial score (nSPS) is 21.6. The van der Waals surface area contributed by atoms with Crippen molar-refractivity contribution in [2.45, 2.75) is 17.9 Å². The molecule has 2 rings (SSSR count). The zero-order valence-corrected chi connectivity index (χ0v) is 11.9. The van der Waals surface area contributed by atoms with Gasteiger partial charge >= 0.3 is 0 Å². The highest BCUT2D eigenvalue weighted by Crippen LogP contribution is 2.20. The van der Waals surface area contributed by atoms with Gasteiger partial charge in [0, 0.05) is 23.3 Å². The van der Waals surface area contributed by atoms with Gasteiger partial charge in [-0.2, -0.15) is 0 Å². The fourth-order valence-electron chi connectivity index (χ4n) is 2.09. The Labute approximate surface area is 111 Å². The second-order valence-electron chi connectivity index (χ2n) is 4.68. The number of aliphatic hydroxyl groups is 1. The SMILES string of the molecule is CN1CCC(CNS(=O)(=O)c2csc(CO)c2)C1. The lowest BCUT2D eigenvalue weighted by Crippen LogP contribution is -2.30. The number of rotatable bonds is 5. The molecule has 0 saturated carbocycles. The van der Waals surface area contributed by atoms with E-state index in [1.807, 2.05) is 7.05 Å². The maximum atomic E-state index is 12.0. The summed E-state index contributed by atoms with van der Waals surface area (Å²) in [5.41, 5.74) is 0. The Morgan fingerprint density at radius 1 is 1.61 bits per heavy atom. The molecule has 1 fully saturated rings. The number of sulfonamides is 1. The van der Waals surface area contributed by atoms with Crippen molar-refractivity contribution < 1.29 is 13.5 Å². The Bertz CT molecular complexity index is 498. The minimum atomic E-state index is -3.42. The third kappa shape index (κ3) is 3.30. The third-order valence-electron chi connectivity index (χ3n) is 3.15. The van der Waals surface area contributed by atoms with Crippen LogP contribution < -0.4 is 4.72 Å². The van der Waals surface area contributed by atoms with Gasteiger partial charge in [-0.15, -0.1) is 11.3 Å². The van der Waals surface area contributed by atoms with Gasteiger partial charge in [0.05, 0.1) is 11.5 Å². The molecule has 0 radical (unpaired) electrons. The maximum absolute atomic E-state index is 12.0. The smallest absolute Gasteiger partial charge is 0.241 e. The highest BCUT2D eigenvalue weighted by Gasteiger charge is 2.22. The van der Waals surface area contributed by atoms with E-state index in [2.05, 4.69) is 9.62 Å². The first-order valence-corrected chi connectivity index (χ1v) is 8.24. The van der Waals surface area contributed by atoms with Crippen LogP contribution in [0.15, 0.2) is 16.3 Å². The van der Waals surface area contributed by atoms with Crippen molar-refractivity contribution >= 4 is 21.4 Å². The monoisotopic (exact) mass is 290 g/mol. The zero-order chi connectivity index (χ0) is 13.2. The summed E-state index contributed by atoms with van der Waals surface area (Å²) in [7, 11) is -1.38. The molecule has 1 atom stereocenters. The highest BCUT2D eigenvalue weighted by molar-refractivity contribution is 7.89. The first-order valence-electron chi connectivity index (χ1n) is 5.88. The quantitative estimate of drug-likeness (QED) is 0.827. The van der Waals surface area contributed by atoms with Crippen molar-refractivity contribution in [2.24, 2.45) is 5.92 Å². The molecule has 2 heterocycles. The number of hydrogen-bond donors (Lipinski definition) is 2. The molecule has 1 aromatic rings. The van der Waals surface area contributed by atoms with Gasteiger partial charge < -0.3 is 10.0 Å². The van der Waals surface area contributed by atoms with E-state index in [4.69, 9.17) is 5.11 Å². The average molecular weight is 290 g/mol. The van der Waals surface area contributed by atoms with Gasteiger partial charge in [-0.1, -0.05) is 0 Å². The molecular weight excluding hydrogens is 272 g/mol. The van der Waals surface area contributed by atoms with Crippen molar-refractivity contribution in [3.05, 3.63) is 16.3 Å². The van der Waals surface area contributed by atoms with Crippen molar-refractivity contribution in [1.29, 1.82) is 0 Å². The Kier molecular flexibility index (Phi) is 4.39. The zero-order valence-electron chi connectivity index (χ0n) is 10.3. The Morgan fingerprint density at radius 2 is 2.39 bits per heavy atom. The van der Waals surface area contributed by atoms with Gasteiger partial charge in [0.25, 0.3) is 0 Å². The lowest BCUT2D eigenvalue weighted by atomic mass is 10.1. The van der Waals surface area contributed by atoms with Crippen LogP contribution in [0.3, 0.4) is 0 Å². The topological polar surface area (TPSA) is 69.6 Å². The molecule has 1 saturated heterocycles. The van der Waals surface area contributed by atoms with E-state index < -0.39 is 10.0 Å². The molecule has 1 aliphatic rings. The van der Waals surface area contributed by atoms with Crippen LogP contribution >= 0.6 is 11.3 Å². The van der Waals surface area contributed by atoms with E-state index in [-0.39, 0.29) is 11.5 Å². The molecule has 1 aromatic heterocycles. The summed E-state index contributed by atoms with van der Waals surface area (Å²) < 4.78 is 26.6. The number of nitrogens with zero attached hydrogens (tertiary/aromatic N) is 1. The van der Waals surface area contributed by atoms with Crippen LogP contribution in [0.5, 0.6) is 0 Å². The van der Waals surface area contributed by atoms with Crippen molar-refractivity contribution in [3.63, 3.8) is 0 Å². The summed E-state index contributed by atoms with van der Waals surface area (Å²) in [5.74, 6) is 0.390. The molecule has 7 heteroatoms. The van der Waals surface area contributed by atoms with Crippen LogP contribution in [0.1, 0.15) is 11.3 Å². The highest BCUT2D eigenvalue weighted by atomic mass is 32.2. The summed E-state index contributed by atoms with van der Waals surface area (Å²) in [6.07, 6.45) is 1.03. The largest absolute Gasteiger partial charge is 0.391 e. The average Bonchev–Trinajstić information content (AvgIpc) is 2.95. The van der Waals surface area contributed by atoms with Crippen LogP contribution in [-0.4, -0.2) is 45.1 Å². The predicted molar refractivity (Wildman–Crippen MR) is 71.0 cm³/mol. The van der Waals surface area contributed by atoms with Crippen LogP contribution in [0, 0.1) is 5.92 Å². The summed E-state index contributed by atoms with van der Waals surface area (Å²) in [5, 5.41) is 10.5. The van der Waals surface area contributed by atoms with E-state index in [1.165, 1.54) is 17.4 Å². The lowest BCUT2D eigenvalue weighted by Gasteiger charge is -2.11. The first kappa shape index (κ1) is 14.0. The first-order chi connectivity index (χ1) is 8.51.